The normalized spacial score (nSPS) is 9.07. The second-order valence-electron chi connectivity index (χ2n) is 2.68. The number of hydrogen-bond donors (Lipinski definition) is 1. The molecule has 78 valence electrons. The Bertz CT molecular complexity index is 387. The molecule has 0 bridgehead atoms. The van der Waals surface area contributed by atoms with E-state index in [1.807, 2.05) is 0 Å². The molecule has 1 rings (SSSR count). The molecule has 0 fully saturated rings. The largest absolute Gasteiger partial charge is 0.445 e. The number of halogens is 1. The zero-order valence-electron chi connectivity index (χ0n) is 7.87. The highest BCUT2D eigenvalue weighted by Crippen LogP contribution is 2.07. The molecule has 1 aromatic carbocycles. The zero-order valence-corrected chi connectivity index (χ0v) is 7.87. The van der Waals surface area contributed by atoms with Gasteiger partial charge in [0.15, 0.2) is 0 Å². The molecular weight excluding hydrogens is 199 g/mol. The van der Waals surface area contributed by atoms with E-state index in [1.54, 1.807) is 18.2 Å². The number of hydrogen-bond acceptors (Lipinski definition) is 3. The number of ether oxygens (including phenoxy) is 1. The van der Waals surface area contributed by atoms with Crippen LogP contribution in [0.5, 0.6) is 0 Å². The second kappa shape index (κ2) is 5.60. The molecule has 0 radical (unpaired) electrons. The molecule has 0 aliphatic rings. The Labute approximate surface area is 86.3 Å². The highest BCUT2D eigenvalue weighted by Gasteiger charge is 2.04. The van der Waals surface area contributed by atoms with Crippen molar-refractivity contribution in [3.8, 4) is 6.07 Å². The Morgan fingerprint density at radius 3 is 2.93 bits per heavy atom. The van der Waals surface area contributed by atoms with E-state index >= 15 is 0 Å². The first-order valence-corrected chi connectivity index (χ1v) is 4.25. The van der Waals surface area contributed by atoms with Crippen LogP contribution < -0.4 is 5.32 Å². The number of benzene rings is 1. The summed E-state index contributed by atoms with van der Waals surface area (Å²) in [5.41, 5.74) is 0.296. The van der Waals surface area contributed by atoms with Crippen LogP contribution in [-0.4, -0.2) is 12.6 Å². The van der Waals surface area contributed by atoms with Gasteiger partial charge in [-0.05, 0) is 6.07 Å². The molecule has 5 heteroatoms. The van der Waals surface area contributed by atoms with Gasteiger partial charge in [0.05, 0.1) is 6.07 Å². The summed E-state index contributed by atoms with van der Waals surface area (Å²) in [7, 11) is 0. The fourth-order valence-electron chi connectivity index (χ4n) is 0.921. The Hall–Kier alpha value is -2.09. The lowest BCUT2D eigenvalue weighted by molar-refractivity contribution is 0.139. The maximum atomic E-state index is 13.0. The van der Waals surface area contributed by atoms with Gasteiger partial charge in [0.25, 0.3) is 0 Å². The molecule has 0 aliphatic carbocycles. The monoisotopic (exact) mass is 208 g/mol. The van der Waals surface area contributed by atoms with Gasteiger partial charge >= 0.3 is 6.09 Å². The van der Waals surface area contributed by atoms with Crippen LogP contribution in [0.2, 0.25) is 0 Å². The Morgan fingerprint density at radius 2 is 2.27 bits per heavy atom. The van der Waals surface area contributed by atoms with E-state index in [4.69, 9.17) is 5.26 Å². The summed E-state index contributed by atoms with van der Waals surface area (Å²) in [6.07, 6.45) is -0.736. The molecule has 0 unspecified atom stereocenters. The van der Waals surface area contributed by atoms with Crippen molar-refractivity contribution < 1.29 is 13.9 Å². The summed E-state index contributed by atoms with van der Waals surface area (Å²) < 4.78 is 17.7. The molecule has 1 aromatic rings. The van der Waals surface area contributed by atoms with Crippen molar-refractivity contribution in [1.82, 2.24) is 5.32 Å². The average molecular weight is 208 g/mol. The van der Waals surface area contributed by atoms with Crippen LogP contribution in [0.1, 0.15) is 5.56 Å². The fraction of sp³-hybridized carbons (Fsp3) is 0.200. The standard InChI is InChI=1S/C10H9FN2O2/c11-9-4-2-1-3-8(9)7-15-10(14)13-6-5-12/h1-4H,6-7H2,(H,13,14). The van der Waals surface area contributed by atoms with E-state index in [0.717, 1.165) is 0 Å². The van der Waals surface area contributed by atoms with Crippen LogP contribution >= 0.6 is 0 Å². The summed E-state index contributed by atoms with van der Waals surface area (Å²) in [5, 5.41) is 10.3. The van der Waals surface area contributed by atoms with Gasteiger partial charge in [-0.15, -0.1) is 0 Å². The predicted octanol–water partition coefficient (Wildman–Crippen LogP) is 1.58. The summed E-state index contributed by atoms with van der Waals surface area (Å²) >= 11 is 0. The average Bonchev–Trinajstić information content (AvgIpc) is 2.25. The van der Waals surface area contributed by atoms with Crippen molar-refractivity contribution in [2.45, 2.75) is 6.61 Å². The molecule has 15 heavy (non-hydrogen) atoms. The molecule has 0 aliphatic heterocycles. The van der Waals surface area contributed by atoms with Crippen LogP contribution in [0.25, 0.3) is 0 Å². The quantitative estimate of drug-likeness (QED) is 0.767. The van der Waals surface area contributed by atoms with Gasteiger partial charge in [-0.3, -0.25) is 0 Å². The Balaban J connectivity index is 2.41. The molecule has 0 aromatic heterocycles. The SMILES string of the molecule is N#CCNC(=O)OCc1ccccc1F. The molecule has 0 heterocycles. The number of carbonyl (C=O) groups excluding carboxylic acids is 1. The first-order valence-electron chi connectivity index (χ1n) is 4.25. The lowest BCUT2D eigenvalue weighted by atomic mass is 10.2. The minimum absolute atomic E-state index is 0.129. The van der Waals surface area contributed by atoms with Crippen molar-refractivity contribution in [3.05, 3.63) is 35.6 Å². The van der Waals surface area contributed by atoms with Crippen molar-refractivity contribution in [1.29, 1.82) is 5.26 Å². The van der Waals surface area contributed by atoms with Gasteiger partial charge in [0.2, 0.25) is 0 Å². The van der Waals surface area contributed by atoms with Crippen molar-refractivity contribution >= 4 is 6.09 Å². The van der Waals surface area contributed by atoms with Gasteiger partial charge < -0.3 is 10.1 Å². The lowest BCUT2D eigenvalue weighted by Gasteiger charge is -2.05. The molecule has 0 spiro atoms. The van der Waals surface area contributed by atoms with E-state index in [2.05, 4.69) is 10.1 Å². The van der Waals surface area contributed by atoms with Gasteiger partial charge in [0.1, 0.15) is 19.0 Å². The number of carbonyl (C=O) groups is 1. The number of alkyl carbamates (subject to hydrolysis) is 1. The van der Waals surface area contributed by atoms with E-state index in [-0.39, 0.29) is 13.2 Å². The molecule has 0 atom stereocenters. The first-order chi connectivity index (χ1) is 7.24. The number of rotatable bonds is 3. The summed E-state index contributed by atoms with van der Waals surface area (Å²) in [6, 6.07) is 7.72. The number of amides is 1. The van der Waals surface area contributed by atoms with Crippen molar-refractivity contribution in [3.63, 3.8) is 0 Å². The fourth-order valence-corrected chi connectivity index (χ4v) is 0.921. The maximum Gasteiger partial charge on any atom is 0.408 e. The van der Waals surface area contributed by atoms with Crippen LogP contribution in [0.3, 0.4) is 0 Å². The van der Waals surface area contributed by atoms with Gasteiger partial charge in [-0.25, -0.2) is 9.18 Å². The highest BCUT2D eigenvalue weighted by atomic mass is 19.1. The van der Waals surface area contributed by atoms with E-state index in [0.29, 0.717) is 5.56 Å². The summed E-state index contributed by atoms with van der Waals surface area (Å²) in [4.78, 5) is 10.9. The smallest absolute Gasteiger partial charge is 0.408 e. The number of nitrogens with one attached hydrogen (secondary N) is 1. The lowest BCUT2D eigenvalue weighted by Crippen LogP contribution is -2.24. The van der Waals surface area contributed by atoms with E-state index in [1.165, 1.54) is 12.1 Å². The first kappa shape index (κ1) is 11.0. The topological polar surface area (TPSA) is 62.1 Å². The van der Waals surface area contributed by atoms with Gasteiger partial charge in [0, 0.05) is 5.56 Å². The molecular formula is C10H9FN2O2. The van der Waals surface area contributed by atoms with E-state index in [9.17, 15) is 9.18 Å². The van der Waals surface area contributed by atoms with Crippen molar-refractivity contribution in [2.75, 3.05) is 6.54 Å². The van der Waals surface area contributed by atoms with Crippen molar-refractivity contribution in [2.24, 2.45) is 0 Å². The van der Waals surface area contributed by atoms with Crippen LogP contribution in [0.4, 0.5) is 9.18 Å². The van der Waals surface area contributed by atoms with Crippen LogP contribution in [-0.2, 0) is 11.3 Å². The molecule has 4 nitrogen and oxygen atoms in total. The van der Waals surface area contributed by atoms with Crippen LogP contribution in [0.15, 0.2) is 24.3 Å². The predicted molar refractivity (Wildman–Crippen MR) is 50.2 cm³/mol. The van der Waals surface area contributed by atoms with Gasteiger partial charge in [-0.2, -0.15) is 5.26 Å². The molecule has 0 saturated carbocycles. The summed E-state index contributed by atoms with van der Waals surface area (Å²) in [5.74, 6) is -0.425. The molecule has 0 saturated heterocycles. The second-order valence-corrected chi connectivity index (χ2v) is 2.68. The Morgan fingerprint density at radius 1 is 1.53 bits per heavy atom. The third-order valence-electron chi connectivity index (χ3n) is 1.63. The number of nitriles is 1. The maximum absolute atomic E-state index is 13.0. The van der Waals surface area contributed by atoms with E-state index < -0.39 is 11.9 Å². The van der Waals surface area contributed by atoms with Gasteiger partial charge in [-0.1, -0.05) is 18.2 Å². The highest BCUT2D eigenvalue weighted by molar-refractivity contribution is 5.67. The third-order valence-corrected chi connectivity index (χ3v) is 1.63. The third kappa shape index (κ3) is 3.65. The minimum atomic E-state index is -0.736. The summed E-state index contributed by atoms with van der Waals surface area (Å²) in [6.45, 7) is -0.278. The molecule has 1 amide bonds. The minimum Gasteiger partial charge on any atom is -0.445 e. The number of nitrogens with zero attached hydrogens (tertiary/aromatic N) is 1. The molecule has 1 N–H and O–H groups in total. The van der Waals surface area contributed by atoms with Crippen LogP contribution in [0, 0.1) is 17.1 Å². The Kier molecular flexibility index (Phi) is 4.10. The zero-order chi connectivity index (χ0) is 11.1.